The second-order valence-electron chi connectivity index (χ2n) is 5.63. The molecule has 0 saturated heterocycles. The molecule has 112 valence electrons. The lowest BCUT2D eigenvalue weighted by atomic mass is 10.0. The molecular formula is C15H20N4O2. The number of rotatable bonds is 4. The summed E-state index contributed by atoms with van der Waals surface area (Å²) in [7, 11) is 0. The first-order valence-electron chi connectivity index (χ1n) is 7.45. The largest absolute Gasteiger partial charge is 0.351 e. The standard InChI is InChI=1S/C15H20N4O2/c1-3-10(2)12-8-13(21-18-12)15(20)17-11-4-5-14-16-6-7-19(14)9-11/h6-8,10-11H,3-5,9H2,1-2H3,(H,17,20)/t10-,11-/m1/s1. The van der Waals surface area contributed by atoms with Gasteiger partial charge >= 0.3 is 0 Å². The summed E-state index contributed by atoms with van der Waals surface area (Å²) < 4.78 is 7.25. The first kappa shape index (κ1) is 13.9. The van der Waals surface area contributed by atoms with Crippen molar-refractivity contribution in [1.82, 2.24) is 20.0 Å². The van der Waals surface area contributed by atoms with E-state index in [4.69, 9.17) is 4.52 Å². The molecule has 1 aliphatic heterocycles. The number of hydrogen-bond donors (Lipinski definition) is 1. The van der Waals surface area contributed by atoms with Crippen LogP contribution < -0.4 is 5.32 Å². The predicted molar refractivity (Wildman–Crippen MR) is 77.0 cm³/mol. The minimum Gasteiger partial charge on any atom is -0.351 e. The molecule has 1 amide bonds. The maximum absolute atomic E-state index is 12.2. The molecule has 1 N–H and O–H groups in total. The molecule has 2 aromatic heterocycles. The molecule has 6 nitrogen and oxygen atoms in total. The molecule has 0 aromatic carbocycles. The van der Waals surface area contributed by atoms with Gasteiger partial charge in [-0.15, -0.1) is 0 Å². The first-order chi connectivity index (χ1) is 10.2. The number of carbonyl (C=O) groups excluding carboxylic acids is 1. The zero-order valence-corrected chi connectivity index (χ0v) is 12.4. The van der Waals surface area contributed by atoms with E-state index in [0.717, 1.165) is 37.3 Å². The number of aryl methyl sites for hydroxylation is 1. The van der Waals surface area contributed by atoms with Gasteiger partial charge in [0.1, 0.15) is 5.82 Å². The van der Waals surface area contributed by atoms with Crippen LogP contribution in [0.1, 0.15) is 54.7 Å². The molecule has 6 heteroatoms. The van der Waals surface area contributed by atoms with Gasteiger partial charge in [0.15, 0.2) is 0 Å². The molecule has 0 radical (unpaired) electrons. The third-order valence-corrected chi connectivity index (χ3v) is 4.14. The van der Waals surface area contributed by atoms with Gasteiger partial charge in [-0.05, 0) is 12.8 Å². The van der Waals surface area contributed by atoms with Gasteiger partial charge in [0.2, 0.25) is 5.76 Å². The summed E-state index contributed by atoms with van der Waals surface area (Å²) in [5.74, 6) is 1.49. The molecule has 3 rings (SSSR count). The second-order valence-corrected chi connectivity index (χ2v) is 5.63. The van der Waals surface area contributed by atoms with Gasteiger partial charge < -0.3 is 14.4 Å². The van der Waals surface area contributed by atoms with E-state index in [0.29, 0.717) is 11.7 Å². The SMILES string of the molecule is CC[C@@H](C)c1cc(C(=O)N[C@@H]2CCc3nccn3C2)on1. The van der Waals surface area contributed by atoms with Crippen molar-refractivity contribution in [3.8, 4) is 0 Å². The maximum Gasteiger partial charge on any atom is 0.290 e. The highest BCUT2D eigenvalue weighted by molar-refractivity contribution is 5.91. The van der Waals surface area contributed by atoms with Crippen molar-refractivity contribution in [3.05, 3.63) is 35.7 Å². The van der Waals surface area contributed by atoms with Crippen molar-refractivity contribution >= 4 is 5.91 Å². The summed E-state index contributed by atoms with van der Waals surface area (Å²) in [6.07, 6.45) is 6.50. The summed E-state index contributed by atoms with van der Waals surface area (Å²) in [5, 5.41) is 6.99. The third kappa shape index (κ3) is 2.84. The second kappa shape index (κ2) is 5.71. The first-order valence-corrected chi connectivity index (χ1v) is 7.45. The molecule has 2 aromatic rings. The lowest BCUT2D eigenvalue weighted by molar-refractivity contribution is 0.0890. The van der Waals surface area contributed by atoms with Crippen molar-refractivity contribution in [2.45, 2.75) is 51.6 Å². The summed E-state index contributed by atoms with van der Waals surface area (Å²) in [5.41, 5.74) is 0.836. The van der Waals surface area contributed by atoms with Gasteiger partial charge in [0.05, 0.1) is 5.69 Å². The number of amides is 1. The summed E-state index contributed by atoms with van der Waals surface area (Å²) in [4.78, 5) is 16.5. The van der Waals surface area contributed by atoms with Crippen LogP contribution in [0.4, 0.5) is 0 Å². The highest BCUT2D eigenvalue weighted by Gasteiger charge is 2.23. The van der Waals surface area contributed by atoms with Gasteiger partial charge in [0.25, 0.3) is 5.91 Å². The van der Waals surface area contributed by atoms with Crippen LogP contribution in [0.5, 0.6) is 0 Å². The van der Waals surface area contributed by atoms with Crippen LogP contribution in [0, 0.1) is 0 Å². The summed E-state index contributed by atoms with van der Waals surface area (Å²) >= 11 is 0. The van der Waals surface area contributed by atoms with Gasteiger partial charge in [-0.2, -0.15) is 0 Å². The summed E-state index contributed by atoms with van der Waals surface area (Å²) in [6.45, 7) is 4.92. The Morgan fingerprint density at radius 2 is 2.48 bits per heavy atom. The highest BCUT2D eigenvalue weighted by atomic mass is 16.5. The molecule has 2 atom stereocenters. The van der Waals surface area contributed by atoms with Crippen LogP contribution in [-0.2, 0) is 13.0 Å². The highest BCUT2D eigenvalue weighted by Crippen LogP contribution is 2.19. The van der Waals surface area contributed by atoms with E-state index in [-0.39, 0.29) is 11.9 Å². The van der Waals surface area contributed by atoms with E-state index in [9.17, 15) is 4.79 Å². The van der Waals surface area contributed by atoms with Crippen molar-refractivity contribution in [1.29, 1.82) is 0 Å². The van der Waals surface area contributed by atoms with Gasteiger partial charge in [-0.25, -0.2) is 4.98 Å². The Labute approximate surface area is 123 Å². The van der Waals surface area contributed by atoms with E-state index in [1.807, 2.05) is 6.20 Å². The Bertz CT molecular complexity index is 631. The maximum atomic E-state index is 12.2. The molecule has 0 fully saturated rings. The average Bonchev–Trinajstić information content (AvgIpc) is 3.14. The van der Waals surface area contributed by atoms with Crippen molar-refractivity contribution < 1.29 is 9.32 Å². The topological polar surface area (TPSA) is 73.0 Å². The molecule has 21 heavy (non-hydrogen) atoms. The normalized spacial score (nSPS) is 19.0. The minimum absolute atomic E-state index is 0.108. The van der Waals surface area contributed by atoms with Crippen LogP contribution in [-0.4, -0.2) is 26.7 Å². The number of imidazole rings is 1. The van der Waals surface area contributed by atoms with E-state index in [1.54, 1.807) is 12.3 Å². The number of nitrogens with zero attached hydrogens (tertiary/aromatic N) is 3. The van der Waals surface area contributed by atoms with E-state index in [1.165, 1.54) is 0 Å². The molecule has 0 saturated carbocycles. The van der Waals surface area contributed by atoms with Crippen LogP contribution in [0.25, 0.3) is 0 Å². The molecule has 0 spiro atoms. The molecule has 3 heterocycles. The lowest BCUT2D eigenvalue weighted by Crippen LogP contribution is -2.40. The Morgan fingerprint density at radius 1 is 1.62 bits per heavy atom. The average molecular weight is 288 g/mol. The van der Waals surface area contributed by atoms with Gasteiger partial charge in [0, 0.05) is 43.4 Å². The van der Waals surface area contributed by atoms with E-state index < -0.39 is 0 Å². The number of nitrogens with one attached hydrogen (secondary N) is 1. The third-order valence-electron chi connectivity index (χ3n) is 4.14. The van der Waals surface area contributed by atoms with Crippen LogP contribution in [0.3, 0.4) is 0 Å². The smallest absolute Gasteiger partial charge is 0.290 e. The van der Waals surface area contributed by atoms with Crippen LogP contribution in [0.2, 0.25) is 0 Å². The number of aromatic nitrogens is 3. The zero-order valence-electron chi connectivity index (χ0n) is 12.4. The fourth-order valence-corrected chi connectivity index (χ4v) is 2.58. The van der Waals surface area contributed by atoms with Crippen LogP contribution in [0.15, 0.2) is 23.0 Å². The number of hydrogen-bond acceptors (Lipinski definition) is 4. The molecular weight excluding hydrogens is 268 g/mol. The molecule has 1 aliphatic rings. The van der Waals surface area contributed by atoms with Crippen molar-refractivity contribution in [3.63, 3.8) is 0 Å². The molecule has 0 unspecified atom stereocenters. The fourth-order valence-electron chi connectivity index (χ4n) is 2.58. The Balaban J connectivity index is 1.63. The van der Waals surface area contributed by atoms with E-state index >= 15 is 0 Å². The molecule has 0 aliphatic carbocycles. The lowest BCUT2D eigenvalue weighted by Gasteiger charge is -2.24. The Kier molecular flexibility index (Phi) is 3.77. The number of carbonyl (C=O) groups is 1. The molecule has 0 bridgehead atoms. The zero-order chi connectivity index (χ0) is 14.8. The quantitative estimate of drug-likeness (QED) is 0.935. The van der Waals surface area contributed by atoms with Gasteiger partial charge in [-0.1, -0.05) is 19.0 Å². The minimum atomic E-state index is -0.189. The van der Waals surface area contributed by atoms with Crippen molar-refractivity contribution in [2.75, 3.05) is 0 Å². The van der Waals surface area contributed by atoms with Crippen molar-refractivity contribution in [2.24, 2.45) is 0 Å². The Hall–Kier alpha value is -2.11. The Morgan fingerprint density at radius 3 is 3.29 bits per heavy atom. The van der Waals surface area contributed by atoms with Gasteiger partial charge in [-0.3, -0.25) is 4.79 Å². The fraction of sp³-hybridized carbons (Fsp3) is 0.533. The predicted octanol–water partition coefficient (Wildman–Crippen LogP) is 2.13. The monoisotopic (exact) mass is 288 g/mol. The van der Waals surface area contributed by atoms with Crippen LogP contribution >= 0.6 is 0 Å². The number of fused-ring (bicyclic) bond motifs is 1. The van der Waals surface area contributed by atoms with E-state index in [2.05, 4.69) is 33.9 Å². The summed E-state index contributed by atoms with van der Waals surface area (Å²) in [6, 6.07) is 1.85.